The third kappa shape index (κ3) is 3.13. The van der Waals surface area contributed by atoms with Crippen LogP contribution < -0.4 is 5.32 Å². The first kappa shape index (κ1) is 12.7. The van der Waals surface area contributed by atoms with Gasteiger partial charge in [-0.15, -0.1) is 0 Å². The van der Waals surface area contributed by atoms with Crippen molar-refractivity contribution in [2.75, 3.05) is 5.32 Å². The summed E-state index contributed by atoms with van der Waals surface area (Å²) in [6, 6.07) is 15.3. The summed E-state index contributed by atoms with van der Waals surface area (Å²) < 4.78 is 0. The summed E-state index contributed by atoms with van der Waals surface area (Å²) in [5, 5.41) is 3.46. The van der Waals surface area contributed by atoms with Crippen LogP contribution in [0, 0.1) is 13.8 Å². The molecule has 1 N–H and O–H groups in total. The Morgan fingerprint density at radius 2 is 1.50 bits per heavy atom. The van der Waals surface area contributed by atoms with Gasteiger partial charge in [0.1, 0.15) is 0 Å². The van der Waals surface area contributed by atoms with Crippen molar-refractivity contribution in [3.63, 3.8) is 0 Å². The zero-order valence-corrected chi connectivity index (χ0v) is 11.5. The van der Waals surface area contributed by atoms with E-state index in [4.69, 9.17) is 0 Å². The first-order valence-electron chi connectivity index (χ1n) is 6.58. The van der Waals surface area contributed by atoms with Gasteiger partial charge < -0.3 is 5.32 Å². The lowest BCUT2D eigenvalue weighted by Gasteiger charge is -2.09. The molecule has 0 aliphatic carbocycles. The van der Waals surface area contributed by atoms with Gasteiger partial charge in [0, 0.05) is 12.2 Å². The van der Waals surface area contributed by atoms with Crippen molar-refractivity contribution in [1.29, 1.82) is 0 Å². The Hall–Kier alpha value is -1.76. The van der Waals surface area contributed by atoms with E-state index in [1.807, 2.05) is 0 Å². The molecular formula is C17H21N. The Morgan fingerprint density at radius 3 is 2.11 bits per heavy atom. The molecule has 0 aliphatic rings. The largest absolute Gasteiger partial charge is 0.381 e. The summed E-state index contributed by atoms with van der Waals surface area (Å²) in [4.78, 5) is 0. The van der Waals surface area contributed by atoms with Gasteiger partial charge in [-0.05, 0) is 54.7 Å². The molecule has 1 nitrogen and oxygen atoms in total. The number of rotatable bonds is 4. The van der Waals surface area contributed by atoms with E-state index in [-0.39, 0.29) is 0 Å². The van der Waals surface area contributed by atoms with Crippen LogP contribution in [-0.2, 0) is 13.0 Å². The van der Waals surface area contributed by atoms with Crippen LogP contribution in [0.5, 0.6) is 0 Å². The van der Waals surface area contributed by atoms with Crippen molar-refractivity contribution in [1.82, 2.24) is 0 Å². The van der Waals surface area contributed by atoms with Crippen LogP contribution in [0.1, 0.15) is 29.2 Å². The molecule has 0 radical (unpaired) electrons. The van der Waals surface area contributed by atoms with Crippen LogP contribution in [0.15, 0.2) is 42.5 Å². The van der Waals surface area contributed by atoms with Gasteiger partial charge in [-0.1, -0.05) is 37.3 Å². The van der Waals surface area contributed by atoms with Gasteiger partial charge in [0.2, 0.25) is 0 Å². The molecule has 0 atom stereocenters. The lowest BCUT2D eigenvalue weighted by atomic mass is 10.1. The molecule has 0 spiro atoms. The normalized spacial score (nSPS) is 10.4. The van der Waals surface area contributed by atoms with Crippen LogP contribution in [-0.4, -0.2) is 0 Å². The molecule has 0 fully saturated rings. The van der Waals surface area contributed by atoms with Gasteiger partial charge >= 0.3 is 0 Å². The average Bonchev–Trinajstić information content (AvgIpc) is 2.41. The van der Waals surface area contributed by atoms with E-state index in [0.29, 0.717) is 0 Å². The topological polar surface area (TPSA) is 12.0 Å². The predicted molar refractivity (Wildman–Crippen MR) is 79.1 cm³/mol. The Morgan fingerprint density at radius 1 is 0.833 bits per heavy atom. The first-order chi connectivity index (χ1) is 8.69. The fraction of sp³-hybridized carbons (Fsp3) is 0.294. The van der Waals surface area contributed by atoms with Crippen molar-refractivity contribution >= 4 is 5.69 Å². The van der Waals surface area contributed by atoms with E-state index in [9.17, 15) is 0 Å². The van der Waals surface area contributed by atoms with Crippen LogP contribution in [0.25, 0.3) is 0 Å². The van der Waals surface area contributed by atoms with Crippen molar-refractivity contribution in [2.24, 2.45) is 0 Å². The Kier molecular flexibility index (Phi) is 4.03. The number of hydrogen-bond acceptors (Lipinski definition) is 1. The van der Waals surface area contributed by atoms with E-state index >= 15 is 0 Å². The molecule has 2 aromatic carbocycles. The molecule has 0 heterocycles. The van der Waals surface area contributed by atoms with Gasteiger partial charge in [-0.25, -0.2) is 0 Å². The zero-order valence-electron chi connectivity index (χ0n) is 11.5. The number of aryl methyl sites for hydroxylation is 3. The Labute approximate surface area is 110 Å². The van der Waals surface area contributed by atoms with Crippen molar-refractivity contribution < 1.29 is 0 Å². The van der Waals surface area contributed by atoms with Crippen molar-refractivity contribution in [3.05, 3.63) is 64.7 Å². The van der Waals surface area contributed by atoms with Crippen molar-refractivity contribution in [3.8, 4) is 0 Å². The number of anilines is 1. The monoisotopic (exact) mass is 239 g/mol. The summed E-state index contributed by atoms with van der Waals surface area (Å²) in [7, 11) is 0. The molecule has 0 amide bonds. The minimum Gasteiger partial charge on any atom is -0.381 e. The standard InChI is InChI=1S/C17H21N/c1-4-15-7-9-17(10-8-15)18-12-16-6-5-13(2)14(3)11-16/h5-11,18H,4,12H2,1-3H3. The second-order valence-corrected chi connectivity index (χ2v) is 4.82. The maximum Gasteiger partial charge on any atom is 0.0400 e. The molecular weight excluding hydrogens is 218 g/mol. The maximum absolute atomic E-state index is 3.46. The summed E-state index contributed by atoms with van der Waals surface area (Å²) >= 11 is 0. The van der Waals surface area contributed by atoms with Crippen molar-refractivity contribution in [2.45, 2.75) is 33.7 Å². The first-order valence-corrected chi connectivity index (χ1v) is 6.58. The van der Waals surface area contributed by atoms with Gasteiger partial charge in [-0.2, -0.15) is 0 Å². The number of hydrogen-bond donors (Lipinski definition) is 1. The average molecular weight is 239 g/mol. The molecule has 0 aromatic heterocycles. The highest BCUT2D eigenvalue weighted by molar-refractivity contribution is 5.45. The lowest BCUT2D eigenvalue weighted by molar-refractivity contribution is 1.12. The zero-order chi connectivity index (χ0) is 13.0. The van der Waals surface area contributed by atoms with Gasteiger partial charge in [-0.3, -0.25) is 0 Å². The molecule has 18 heavy (non-hydrogen) atoms. The molecule has 0 unspecified atom stereocenters. The molecule has 0 saturated heterocycles. The summed E-state index contributed by atoms with van der Waals surface area (Å²) in [5.74, 6) is 0. The second kappa shape index (κ2) is 5.72. The second-order valence-electron chi connectivity index (χ2n) is 4.82. The SMILES string of the molecule is CCc1ccc(NCc2ccc(C)c(C)c2)cc1. The predicted octanol–water partition coefficient (Wildman–Crippen LogP) is 4.48. The minimum atomic E-state index is 0.882. The van der Waals surface area contributed by atoms with Crippen LogP contribution in [0.4, 0.5) is 5.69 Å². The Bertz CT molecular complexity index is 512. The van der Waals surface area contributed by atoms with Gasteiger partial charge in [0.15, 0.2) is 0 Å². The van der Waals surface area contributed by atoms with E-state index in [1.54, 1.807) is 0 Å². The van der Waals surface area contributed by atoms with E-state index in [2.05, 4.69) is 68.6 Å². The highest BCUT2D eigenvalue weighted by Gasteiger charge is 1.97. The third-order valence-corrected chi connectivity index (χ3v) is 3.43. The highest BCUT2D eigenvalue weighted by Crippen LogP contribution is 2.14. The van der Waals surface area contributed by atoms with E-state index < -0.39 is 0 Å². The summed E-state index contributed by atoms with van der Waals surface area (Å²) in [6.07, 6.45) is 1.09. The van der Waals surface area contributed by atoms with E-state index in [0.717, 1.165) is 13.0 Å². The molecule has 94 valence electrons. The smallest absolute Gasteiger partial charge is 0.0400 e. The summed E-state index contributed by atoms with van der Waals surface area (Å²) in [5.41, 5.74) is 6.61. The highest BCUT2D eigenvalue weighted by atomic mass is 14.9. The fourth-order valence-electron chi connectivity index (χ4n) is 1.98. The number of benzene rings is 2. The summed E-state index contributed by atoms with van der Waals surface area (Å²) in [6.45, 7) is 7.37. The van der Waals surface area contributed by atoms with Crippen LogP contribution >= 0.6 is 0 Å². The van der Waals surface area contributed by atoms with Crippen LogP contribution in [0.2, 0.25) is 0 Å². The molecule has 0 bridgehead atoms. The molecule has 0 saturated carbocycles. The number of nitrogens with one attached hydrogen (secondary N) is 1. The third-order valence-electron chi connectivity index (χ3n) is 3.43. The van der Waals surface area contributed by atoms with Crippen LogP contribution in [0.3, 0.4) is 0 Å². The molecule has 2 aromatic rings. The van der Waals surface area contributed by atoms with E-state index in [1.165, 1.54) is 27.9 Å². The fourth-order valence-corrected chi connectivity index (χ4v) is 1.98. The Balaban J connectivity index is 1.99. The minimum absolute atomic E-state index is 0.882. The lowest BCUT2D eigenvalue weighted by Crippen LogP contribution is -2.00. The van der Waals surface area contributed by atoms with Gasteiger partial charge in [0.25, 0.3) is 0 Å². The quantitative estimate of drug-likeness (QED) is 0.829. The molecule has 1 heteroatoms. The molecule has 0 aliphatic heterocycles. The van der Waals surface area contributed by atoms with Gasteiger partial charge in [0.05, 0.1) is 0 Å². The maximum atomic E-state index is 3.46. The molecule has 2 rings (SSSR count).